The van der Waals surface area contributed by atoms with Crippen LogP contribution in [0.3, 0.4) is 0 Å². The molecule has 1 aliphatic heterocycles. The number of hydrogen-bond acceptors (Lipinski definition) is 4. The summed E-state index contributed by atoms with van der Waals surface area (Å²) in [5.74, 6) is -0.361. The van der Waals surface area contributed by atoms with Gasteiger partial charge in [-0.2, -0.15) is 0 Å². The van der Waals surface area contributed by atoms with Gasteiger partial charge in [-0.3, -0.25) is 4.79 Å². The maximum absolute atomic E-state index is 11.7. The van der Waals surface area contributed by atoms with Gasteiger partial charge < -0.3 is 10.6 Å². The Balaban J connectivity index is 2.00. The maximum Gasteiger partial charge on any atom is 0.252 e. The van der Waals surface area contributed by atoms with Crippen molar-refractivity contribution in [1.29, 1.82) is 0 Å². The number of rotatable bonds is 3. The monoisotopic (exact) mass is 306 g/mol. The number of hydrogen-bond donors (Lipinski definition) is 2. The van der Waals surface area contributed by atoms with Crippen molar-refractivity contribution in [1.82, 2.24) is 0 Å². The third-order valence-corrected chi connectivity index (χ3v) is 5.38. The van der Waals surface area contributed by atoms with E-state index in [0.717, 1.165) is 35.0 Å². The van der Waals surface area contributed by atoms with E-state index in [1.54, 1.807) is 22.7 Å². The summed E-state index contributed by atoms with van der Waals surface area (Å²) < 4.78 is 0. The van der Waals surface area contributed by atoms with Crippen molar-refractivity contribution in [3.63, 3.8) is 0 Å². The molecule has 4 nitrogen and oxygen atoms in total. The number of fused-ring (bicyclic) bond motifs is 1. The minimum Gasteiger partial charge on any atom is -0.365 e. The molecule has 0 saturated carbocycles. The van der Waals surface area contributed by atoms with Gasteiger partial charge in [-0.15, -0.1) is 22.7 Å². The number of carbonyl (C=O) groups excluding carboxylic acids is 1. The van der Waals surface area contributed by atoms with Gasteiger partial charge in [-0.25, -0.2) is 4.99 Å². The molecule has 1 unspecified atom stereocenters. The van der Waals surface area contributed by atoms with Gasteiger partial charge in [0, 0.05) is 17.5 Å². The van der Waals surface area contributed by atoms with Crippen molar-refractivity contribution in [2.75, 3.05) is 13.6 Å². The largest absolute Gasteiger partial charge is 0.365 e. The Morgan fingerprint density at radius 3 is 3.10 bits per heavy atom. The number of thiophene rings is 2. The lowest BCUT2D eigenvalue weighted by Crippen LogP contribution is -3.08. The van der Waals surface area contributed by atoms with Crippen molar-refractivity contribution in [2.24, 2.45) is 10.7 Å². The van der Waals surface area contributed by atoms with Gasteiger partial charge in [0.25, 0.3) is 5.91 Å². The molecule has 3 heterocycles. The number of primary amides is 1. The first-order valence-corrected chi connectivity index (χ1v) is 8.18. The summed E-state index contributed by atoms with van der Waals surface area (Å²) in [5, 5.41) is 2.76. The van der Waals surface area contributed by atoms with E-state index < -0.39 is 0 Å². The van der Waals surface area contributed by atoms with Crippen LogP contribution in [0.2, 0.25) is 0 Å². The van der Waals surface area contributed by atoms with Crippen LogP contribution in [-0.2, 0) is 13.0 Å². The van der Waals surface area contributed by atoms with Crippen LogP contribution in [0.1, 0.15) is 25.7 Å². The second-order valence-corrected chi connectivity index (χ2v) is 7.02. The third-order valence-electron chi connectivity index (χ3n) is 3.43. The van der Waals surface area contributed by atoms with Gasteiger partial charge in [0.05, 0.1) is 24.0 Å². The smallest absolute Gasteiger partial charge is 0.252 e. The summed E-state index contributed by atoms with van der Waals surface area (Å²) in [4.78, 5) is 20.0. The Morgan fingerprint density at radius 2 is 2.40 bits per heavy atom. The normalized spacial score (nSPS) is 18.4. The van der Waals surface area contributed by atoms with Gasteiger partial charge in [-0.05, 0) is 17.0 Å². The molecule has 0 radical (unpaired) electrons. The summed E-state index contributed by atoms with van der Waals surface area (Å²) in [6.45, 7) is 1.99. The summed E-state index contributed by atoms with van der Waals surface area (Å²) in [7, 11) is 2.17. The van der Waals surface area contributed by atoms with Gasteiger partial charge in [0.15, 0.2) is 0 Å². The Bertz CT molecular complexity index is 658. The number of aliphatic imine (C=N–C) groups is 1. The van der Waals surface area contributed by atoms with Crippen LogP contribution in [-0.4, -0.2) is 25.7 Å². The Morgan fingerprint density at radius 1 is 1.55 bits per heavy atom. The predicted molar refractivity (Wildman–Crippen MR) is 83.6 cm³/mol. The van der Waals surface area contributed by atoms with E-state index >= 15 is 0 Å². The fourth-order valence-corrected chi connectivity index (χ4v) is 4.33. The molecule has 2 aromatic heterocycles. The highest BCUT2D eigenvalue weighted by atomic mass is 32.1. The molecular weight excluding hydrogens is 290 g/mol. The van der Waals surface area contributed by atoms with E-state index in [9.17, 15) is 4.79 Å². The van der Waals surface area contributed by atoms with Gasteiger partial charge in [-0.1, -0.05) is 6.07 Å². The SMILES string of the molecule is C[NH+]1CCc2c(sc(N=Cc3cccs3)c2C(N)=O)C1. The molecule has 0 spiro atoms. The molecule has 104 valence electrons. The summed E-state index contributed by atoms with van der Waals surface area (Å²) in [6.07, 6.45) is 2.72. The Labute approximate surface area is 125 Å². The second kappa shape index (κ2) is 5.47. The van der Waals surface area contributed by atoms with Crippen molar-refractivity contribution in [3.05, 3.63) is 38.4 Å². The number of carbonyl (C=O) groups is 1. The van der Waals surface area contributed by atoms with Crippen LogP contribution in [0.15, 0.2) is 22.5 Å². The predicted octanol–water partition coefficient (Wildman–Crippen LogP) is 1.23. The molecule has 1 atom stereocenters. The fourth-order valence-electron chi connectivity index (χ4n) is 2.44. The zero-order chi connectivity index (χ0) is 14.1. The lowest BCUT2D eigenvalue weighted by atomic mass is 10.0. The standard InChI is InChI=1S/C14H15N3OS2/c1-17-5-4-10-11(8-17)20-14(12(10)13(15)18)16-7-9-3-2-6-19-9/h2-3,6-7H,4-5,8H2,1H3,(H2,15,18)/p+1. The number of nitrogens with two attached hydrogens (primary N) is 1. The van der Waals surface area contributed by atoms with Crippen molar-refractivity contribution in [2.45, 2.75) is 13.0 Å². The van der Waals surface area contributed by atoms with E-state index in [1.807, 2.05) is 23.7 Å². The fraction of sp³-hybridized carbons (Fsp3) is 0.286. The highest BCUT2D eigenvalue weighted by Gasteiger charge is 2.27. The number of nitrogens with zero attached hydrogens (tertiary/aromatic N) is 1. The molecule has 2 aromatic rings. The van der Waals surface area contributed by atoms with Crippen molar-refractivity contribution >= 4 is 39.8 Å². The molecule has 0 saturated heterocycles. The zero-order valence-corrected chi connectivity index (χ0v) is 12.8. The van der Waals surface area contributed by atoms with E-state index in [0.29, 0.717) is 5.56 Å². The van der Waals surface area contributed by atoms with Crippen molar-refractivity contribution in [3.8, 4) is 0 Å². The minimum absolute atomic E-state index is 0.361. The van der Waals surface area contributed by atoms with Crippen LogP contribution < -0.4 is 10.6 Å². The molecule has 0 bridgehead atoms. The number of likely N-dealkylation sites (N-methyl/N-ethyl adjacent to an activating group) is 1. The van der Waals surface area contributed by atoms with E-state index in [1.165, 1.54) is 9.78 Å². The van der Waals surface area contributed by atoms with Gasteiger partial charge in [0.2, 0.25) is 0 Å². The topological polar surface area (TPSA) is 59.9 Å². The highest BCUT2D eigenvalue weighted by molar-refractivity contribution is 7.16. The average Bonchev–Trinajstić information content (AvgIpc) is 3.02. The minimum atomic E-state index is -0.361. The lowest BCUT2D eigenvalue weighted by Gasteiger charge is -2.19. The number of amides is 1. The van der Waals surface area contributed by atoms with E-state index in [2.05, 4.69) is 12.0 Å². The summed E-state index contributed by atoms with van der Waals surface area (Å²) in [6, 6.07) is 3.99. The summed E-state index contributed by atoms with van der Waals surface area (Å²) >= 11 is 3.23. The molecule has 1 aliphatic rings. The molecule has 3 rings (SSSR count). The lowest BCUT2D eigenvalue weighted by molar-refractivity contribution is -0.895. The average molecular weight is 306 g/mol. The molecule has 3 N–H and O–H groups in total. The van der Waals surface area contributed by atoms with Crippen molar-refractivity contribution < 1.29 is 9.69 Å². The second-order valence-electron chi connectivity index (χ2n) is 4.96. The molecule has 1 amide bonds. The molecular formula is C14H16N3OS2+. The van der Waals surface area contributed by atoms with Gasteiger partial charge in [0.1, 0.15) is 11.5 Å². The maximum atomic E-state index is 11.7. The summed E-state index contributed by atoms with van der Waals surface area (Å²) in [5.41, 5.74) is 7.30. The van der Waals surface area contributed by atoms with E-state index in [4.69, 9.17) is 5.73 Å². The number of nitrogens with one attached hydrogen (secondary N) is 1. The zero-order valence-electron chi connectivity index (χ0n) is 11.2. The van der Waals surface area contributed by atoms with E-state index in [-0.39, 0.29) is 5.91 Å². The highest BCUT2D eigenvalue weighted by Crippen LogP contribution is 2.36. The van der Waals surface area contributed by atoms with Crippen LogP contribution in [0.4, 0.5) is 5.00 Å². The van der Waals surface area contributed by atoms with Gasteiger partial charge >= 0.3 is 0 Å². The first-order valence-electron chi connectivity index (χ1n) is 6.48. The van der Waals surface area contributed by atoms with Crippen LogP contribution in [0.5, 0.6) is 0 Å². The Hall–Kier alpha value is -1.50. The van der Waals surface area contributed by atoms with Crippen LogP contribution in [0, 0.1) is 0 Å². The quantitative estimate of drug-likeness (QED) is 0.823. The molecule has 0 aromatic carbocycles. The molecule has 0 fully saturated rings. The third kappa shape index (κ3) is 2.54. The first-order chi connectivity index (χ1) is 9.65. The first kappa shape index (κ1) is 13.5. The van der Waals surface area contributed by atoms with Crippen LogP contribution >= 0.6 is 22.7 Å². The number of quaternary nitrogens is 1. The van der Waals surface area contributed by atoms with Crippen LogP contribution in [0.25, 0.3) is 0 Å². The molecule has 6 heteroatoms. The molecule has 20 heavy (non-hydrogen) atoms. The molecule has 0 aliphatic carbocycles. The Kier molecular flexibility index (Phi) is 3.69.